The number of hydrogen-bond acceptors (Lipinski definition) is 5. The fourth-order valence-corrected chi connectivity index (χ4v) is 3.85. The van der Waals surface area contributed by atoms with Gasteiger partial charge < -0.3 is 19.5 Å². The van der Waals surface area contributed by atoms with E-state index < -0.39 is 0 Å². The molecule has 1 aromatic heterocycles. The van der Waals surface area contributed by atoms with Gasteiger partial charge >= 0.3 is 0 Å². The molecule has 1 N–H and O–H groups in total. The number of aromatic nitrogens is 1. The number of ether oxygens (including phenoxy) is 3. The fourth-order valence-electron chi connectivity index (χ4n) is 3.85. The zero-order valence-corrected chi connectivity index (χ0v) is 20.1. The van der Waals surface area contributed by atoms with E-state index in [1.807, 2.05) is 67.6 Å². The highest BCUT2D eigenvalue weighted by Gasteiger charge is 2.13. The van der Waals surface area contributed by atoms with E-state index in [0.717, 1.165) is 27.6 Å². The van der Waals surface area contributed by atoms with Crippen molar-refractivity contribution in [3.05, 3.63) is 96.3 Å². The molecular formula is C29H30N2O4. The Hall–Kier alpha value is -4.06. The van der Waals surface area contributed by atoms with Crippen LogP contribution in [0.15, 0.2) is 85.2 Å². The van der Waals surface area contributed by atoms with Crippen LogP contribution in [-0.2, 0) is 11.4 Å². The lowest BCUT2D eigenvalue weighted by Crippen LogP contribution is -2.26. The van der Waals surface area contributed by atoms with Crippen LogP contribution in [0.1, 0.15) is 36.9 Å². The first kappa shape index (κ1) is 24.1. The molecule has 1 atom stereocenters. The predicted octanol–water partition coefficient (Wildman–Crippen LogP) is 5.86. The number of amides is 1. The molecule has 1 unspecified atom stereocenters. The topological polar surface area (TPSA) is 69.7 Å². The second-order valence-electron chi connectivity index (χ2n) is 8.27. The third-order valence-electron chi connectivity index (χ3n) is 5.76. The molecule has 0 aliphatic heterocycles. The standard InChI is InChI=1S/C29H30N2O4/c1-21(24-12-13-27(28(19-24)33-2)35-20-22-14-16-30-17-15-22)31-29(32)11-6-18-34-26-10-5-8-23-7-3-4-9-25(23)26/h3-5,7-10,12-17,19,21H,6,11,18,20H2,1-2H3,(H,31,32). The number of rotatable bonds is 11. The Morgan fingerprint density at radius 2 is 1.71 bits per heavy atom. The number of nitrogens with one attached hydrogen (secondary N) is 1. The number of carbonyl (C=O) groups is 1. The number of methoxy groups -OCH3 is 1. The Morgan fingerprint density at radius 1 is 0.914 bits per heavy atom. The lowest BCUT2D eigenvalue weighted by atomic mass is 10.1. The van der Waals surface area contributed by atoms with E-state index in [0.29, 0.717) is 37.6 Å². The van der Waals surface area contributed by atoms with E-state index in [9.17, 15) is 4.79 Å². The predicted molar refractivity (Wildman–Crippen MR) is 137 cm³/mol. The Kier molecular flexibility index (Phi) is 8.17. The van der Waals surface area contributed by atoms with Crippen molar-refractivity contribution < 1.29 is 19.0 Å². The molecular weight excluding hydrogens is 440 g/mol. The van der Waals surface area contributed by atoms with Crippen molar-refractivity contribution in [2.75, 3.05) is 13.7 Å². The normalized spacial score (nSPS) is 11.6. The summed E-state index contributed by atoms with van der Waals surface area (Å²) in [5.74, 6) is 2.10. The van der Waals surface area contributed by atoms with Crippen molar-refractivity contribution >= 4 is 16.7 Å². The van der Waals surface area contributed by atoms with Gasteiger partial charge in [-0.1, -0.05) is 42.5 Å². The number of benzene rings is 3. The summed E-state index contributed by atoms with van der Waals surface area (Å²) >= 11 is 0. The quantitative estimate of drug-likeness (QED) is 0.278. The maximum atomic E-state index is 12.5. The van der Waals surface area contributed by atoms with Gasteiger partial charge in [-0.2, -0.15) is 0 Å². The zero-order valence-electron chi connectivity index (χ0n) is 20.1. The average Bonchev–Trinajstić information content (AvgIpc) is 2.90. The van der Waals surface area contributed by atoms with Crippen molar-refractivity contribution in [2.45, 2.75) is 32.4 Å². The van der Waals surface area contributed by atoms with Gasteiger partial charge in [-0.15, -0.1) is 0 Å². The van der Waals surface area contributed by atoms with Crippen LogP contribution in [0, 0.1) is 0 Å². The van der Waals surface area contributed by atoms with E-state index in [1.165, 1.54) is 0 Å². The highest BCUT2D eigenvalue weighted by atomic mass is 16.5. The molecule has 0 spiro atoms. The number of pyridine rings is 1. The van der Waals surface area contributed by atoms with Crippen LogP contribution in [0.2, 0.25) is 0 Å². The maximum Gasteiger partial charge on any atom is 0.220 e. The molecule has 180 valence electrons. The van der Waals surface area contributed by atoms with Gasteiger partial charge in [0.2, 0.25) is 5.91 Å². The summed E-state index contributed by atoms with van der Waals surface area (Å²) in [6, 6.07) is 23.5. The van der Waals surface area contributed by atoms with Crippen LogP contribution in [0.3, 0.4) is 0 Å². The highest BCUT2D eigenvalue weighted by molar-refractivity contribution is 5.88. The average molecular weight is 471 g/mol. The molecule has 6 nitrogen and oxygen atoms in total. The first-order valence-corrected chi connectivity index (χ1v) is 11.7. The van der Waals surface area contributed by atoms with Gasteiger partial charge in [-0.25, -0.2) is 0 Å². The molecule has 4 aromatic rings. The minimum Gasteiger partial charge on any atom is -0.493 e. The second-order valence-corrected chi connectivity index (χ2v) is 8.27. The molecule has 35 heavy (non-hydrogen) atoms. The van der Waals surface area contributed by atoms with Crippen molar-refractivity contribution in [1.82, 2.24) is 10.3 Å². The number of hydrogen-bond donors (Lipinski definition) is 1. The van der Waals surface area contributed by atoms with Gasteiger partial charge in [0.05, 0.1) is 19.8 Å². The first-order valence-electron chi connectivity index (χ1n) is 11.7. The molecule has 4 rings (SSSR count). The van der Waals surface area contributed by atoms with Crippen molar-refractivity contribution in [3.8, 4) is 17.2 Å². The van der Waals surface area contributed by atoms with Gasteiger partial charge in [0.25, 0.3) is 0 Å². The summed E-state index contributed by atoms with van der Waals surface area (Å²) in [6.45, 7) is 2.86. The molecule has 0 radical (unpaired) electrons. The zero-order chi connectivity index (χ0) is 24.5. The molecule has 1 amide bonds. The van der Waals surface area contributed by atoms with E-state index in [4.69, 9.17) is 14.2 Å². The lowest BCUT2D eigenvalue weighted by Gasteiger charge is -2.17. The Labute approximate surface area is 205 Å². The summed E-state index contributed by atoms with van der Waals surface area (Å²) < 4.78 is 17.4. The minimum atomic E-state index is -0.162. The van der Waals surface area contributed by atoms with Crippen molar-refractivity contribution in [2.24, 2.45) is 0 Å². The molecule has 0 bridgehead atoms. The van der Waals surface area contributed by atoms with Gasteiger partial charge in [-0.05, 0) is 60.2 Å². The Balaban J connectivity index is 1.26. The molecule has 6 heteroatoms. The number of fused-ring (bicyclic) bond motifs is 1. The van der Waals surface area contributed by atoms with Crippen LogP contribution in [-0.4, -0.2) is 24.6 Å². The Bertz CT molecular complexity index is 1250. The van der Waals surface area contributed by atoms with Gasteiger partial charge in [-0.3, -0.25) is 9.78 Å². The van der Waals surface area contributed by atoms with E-state index in [-0.39, 0.29) is 11.9 Å². The van der Waals surface area contributed by atoms with E-state index in [1.54, 1.807) is 19.5 Å². The van der Waals surface area contributed by atoms with Gasteiger partial charge in [0, 0.05) is 24.2 Å². The fraction of sp³-hybridized carbons (Fsp3) is 0.241. The summed E-state index contributed by atoms with van der Waals surface area (Å²) in [5, 5.41) is 5.27. The molecule has 3 aromatic carbocycles. The largest absolute Gasteiger partial charge is 0.493 e. The molecule has 0 fully saturated rings. The lowest BCUT2D eigenvalue weighted by molar-refractivity contribution is -0.121. The molecule has 1 heterocycles. The second kappa shape index (κ2) is 11.9. The van der Waals surface area contributed by atoms with Crippen LogP contribution in [0.5, 0.6) is 17.2 Å². The van der Waals surface area contributed by atoms with Gasteiger partial charge in [0.15, 0.2) is 11.5 Å². The molecule has 0 aliphatic carbocycles. The third-order valence-corrected chi connectivity index (χ3v) is 5.76. The van der Waals surface area contributed by atoms with Crippen LogP contribution >= 0.6 is 0 Å². The van der Waals surface area contributed by atoms with Crippen molar-refractivity contribution in [1.29, 1.82) is 0 Å². The summed E-state index contributed by atoms with van der Waals surface area (Å²) in [7, 11) is 1.61. The maximum absolute atomic E-state index is 12.5. The number of carbonyl (C=O) groups excluding carboxylic acids is 1. The van der Waals surface area contributed by atoms with E-state index >= 15 is 0 Å². The molecule has 0 saturated carbocycles. The van der Waals surface area contributed by atoms with Gasteiger partial charge in [0.1, 0.15) is 12.4 Å². The summed E-state index contributed by atoms with van der Waals surface area (Å²) in [6.07, 6.45) is 4.49. The summed E-state index contributed by atoms with van der Waals surface area (Å²) in [5.41, 5.74) is 1.97. The molecule has 0 saturated heterocycles. The van der Waals surface area contributed by atoms with Crippen LogP contribution < -0.4 is 19.5 Å². The number of nitrogens with zero attached hydrogens (tertiary/aromatic N) is 1. The van der Waals surface area contributed by atoms with Crippen molar-refractivity contribution in [3.63, 3.8) is 0 Å². The Morgan fingerprint density at radius 3 is 2.54 bits per heavy atom. The highest BCUT2D eigenvalue weighted by Crippen LogP contribution is 2.31. The smallest absolute Gasteiger partial charge is 0.220 e. The molecule has 0 aliphatic rings. The van der Waals surface area contributed by atoms with Crippen LogP contribution in [0.4, 0.5) is 0 Å². The van der Waals surface area contributed by atoms with E-state index in [2.05, 4.69) is 22.4 Å². The third kappa shape index (κ3) is 6.51. The minimum absolute atomic E-state index is 0.0176. The monoisotopic (exact) mass is 470 g/mol. The van der Waals surface area contributed by atoms with Crippen LogP contribution in [0.25, 0.3) is 10.8 Å². The first-order chi connectivity index (χ1) is 17.1. The SMILES string of the molecule is COc1cc(C(C)NC(=O)CCCOc2cccc3ccccc23)ccc1OCc1ccncc1. The summed E-state index contributed by atoms with van der Waals surface area (Å²) in [4.78, 5) is 16.5.